The quantitative estimate of drug-likeness (QED) is 0.529. The number of rotatable bonds is 8. The smallest absolute Gasteiger partial charge is 0.387 e. The fraction of sp³-hybridized carbons (Fsp3) is 1.00. The highest BCUT2D eigenvalue weighted by Gasteiger charge is 2.45. The van der Waals surface area contributed by atoms with Gasteiger partial charge in [0.1, 0.15) is 24.4 Å². The Morgan fingerprint density at radius 3 is 1.96 bits per heavy atom. The Labute approximate surface area is 136 Å². The Balaban J connectivity index is 2.74. The minimum atomic E-state index is -3.86. The number of methoxy groups -OCH3 is 1. The van der Waals surface area contributed by atoms with Crippen LogP contribution in [0.3, 0.4) is 0 Å². The summed E-state index contributed by atoms with van der Waals surface area (Å²) in [6, 6.07) is 0. The van der Waals surface area contributed by atoms with Gasteiger partial charge in [-0.25, -0.2) is 4.57 Å². The largest absolute Gasteiger partial charge is 0.475 e. The van der Waals surface area contributed by atoms with Gasteiger partial charge in [-0.1, -0.05) is 0 Å². The molecule has 9 nitrogen and oxygen atoms in total. The fourth-order valence-corrected chi connectivity index (χ4v) is 3.55. The van der Waals surface area contributed by atoms with E-state index in [9.17, 15) is 19.9 Å². The van der Waals surface area contributed by atoms with Gasteiger partial charge in [0.05, 0.1) is 18.8 Å². The first kappa shape index (κ1) is 21.0. The highest BCUT2D eigenvalue weighted by molar-refractivity contribution is 7.48. The van der Waals surface area contributed by atoms with Gasteiger partial charge >= 0.3 is 7.82 Å². The van der Waals surface area contributed by atoms with Crippen LogP contribution >= 0.6 is 7.82 Å². The van der Waals surface area contributed by atoms with Crippen molar-refractivity contribution in [3.8, 4) is 0 Å². The molecule has 1 saturated heterocycles. The van der Waals surface area contributed by atoms with E-state index in [1.54, 1.807) is 27.7 Å². The van der Waals surface area contributed by atoms with Crippen molar-refractivity contribution in [3.63, 3.8) is 0 Å². The van der Waals surface area contributed by atoms with Gasteiger partial charge in [0.15, 0.2) is 6.29 Å². The lowest BCUT2D eigenvalue weighted by atomic mass is 9.99. The molecule has 0 bridgehead atoms. The molecule has 0 radical (unpaired) electrons. The lowest BCUT2D eigenvalue weighted by Gasteiger charge is -2.39. The number of hydrogen-bond donors (Lipinski definition) is 3. The predicted octanol–water partition coefficient (Wildman–Crippen LogP) is 0.415. The van der Waals surface area contributed by atoms with Crippen LogP contribution in [-0.2, 0) is 27.6 Å². The molecule has 5 atom stereocenters. The second-order valence-electron chi connectivity index (χ2n) is 5.80. The van der Waals surface area contributed by atoms with E-state index in [0.717, 1.165) is 0 Å². The normalized spacial score (nSPS) is 32.7. The van der Waals surface area contributed by atoms with Gasteiger partial charge in [-0.3, -0.25) is 13.6 Å². The van der Waals surface area contributed by atoms with Gasteiger partial charge in [-0.15, -0.1) is 0 Å². The van der Waals surface area contributed by atoms with E-state index < -0.39 is 50.7 Å². The van der Waals surface area contributed by atoms with Gasteiger partial charge in [-0.2, -0.15) is 0 Å². The van der Waals surface area contributed by atoms with E-state index in [1.807, 2.05) is 0 Å². The maximum absolute atomic E-state index is 12.5. The summed E-state index contributed by atoms with van der Waals surface area (Å²) in [4.78, 5) is 0. The summed E-state index contributed by atoms with van der Waals surface area (Å²) >= 11 is 0. The monoisotopic (exact) mass is 358 g/mol. The lowest BCUT2D eigenvalue weighted by Crippen LogP contribution is -2.59. The van der Waals surface area contributed by atoms with Gasteiger partial charge in [0.2, 0.25) is 0 Å². The third-order valence-electron chi connectivity index (χ3n) is 2.98. The number of hydrogen-bond acceptors (Lipinski definition) is 9. The molecular weight excluding hydrogens is 331 g/mol. The maximum Gasteiger partial charge on any atom is 0.475 e. The molecular formula is C13H27O9P. The SMILES string of the molecule is CO[C@H]1O[C@H](COP(=O)(OC(C)C)OC(C)C)[C@@H](O)[C@H](O)[C@@H]1O. The molecule has 0 aliphatic carbocycles. The summed E-state index contributed by atoms with van der Waals surface area (Å²) in [6.45, 7) is 6.32. The van der Waals surface area contributed by atoms with E-state index in [-0.39, 0.29) is 6.61 Å². The summed E-state index contributed by atoms with van der Waals surface area (Å²) in [5.41, 5.74) is 0. The first-order valence-corrected chi connectivity index (χ1v) is 8.89. The molecule has 1 aliphatic rings. The van der Waals surface area contributed by atoms with Crippen LogP contribution in [0.15, 0.2) is 0 Å². The predicted molar refractivity (Wildman–Crippen MR) is 79.7 cm³/mol. The Bertz CT molecular complexity index is 387. The van der Waals surface area contributed by atoms with Crippen molar-refractivity contribution in [2.24, 2.45) is 0 Å². The van der Waals surface area contributed by atoms with Crippen molar-refractivity contribution >= 4 is 7.82 Å². The summed E-state index contributed by atoms with van der Waals surface area (Å²) in [7, 11) is -2.58. The topological polar surface area (TPSA) is 124 Å². The van der Waals surface area contributed by atoms with E-state index in [1.165, 1.54) is 7.11 Å². The third-order valence-corrected chi connectivity index (χ3v) is 4.80. The first-order chi connectivity index (χ1) is 10.6. The third kappa shape index (κ3) is 6.04. The Kier molecular flexibility index (Phi) is 8.06. The van der Waals surface area contributed by atoms with Gasteiger partial charge < -0.3 is 24.8 Å². The minimum absolute atomic E-state index is 0.373. The average molecular weight is 358 g/mol. The fourth-order valence-electron chi connectivity index (χ4n) is 2.02. The molecule has 10 heteroatoms. The zero-order valence-corrected chi connectivity index (χ0v) is 14.9. The minimum Gasteiger partial charge on any atom is -0.387 e. The highest BCUT2D eigenvalue weighted by atomic mass is 31.2. The second-order valence-corrected chi connectivity index (χ2v) is 7.38. The Morgan fingerprint density at radius 2 is 1.52 bits per heavy atom. The number of aliphatic hydroxyl groups is 3. The Hall–Kier alpha value is -0.0900. The van der Waals surface area contributed by atoms with Crippen molar-refractivity contribution < 1.29 is 42.9 Å². The molecule has 0 saturated carbocycles. The van der Waals surface area contributed by atoms with Crippen molar-refractivity contribution in [3.05, 3.63) is 0 Å². The number of ether oxygens (including phenoxy) is 2. The molecule has 3 N–H and O–H groups in total. The zero-order valence-electron chi connectivity index (χ0n) is 14.0. The standard InChI is InChI=1S/C13H27O9P/c1-7(2)21-23(17,22-8(3)4)19-6-9-10(14)11(15)12(16)13(18-5)20-9/h7-16H,6H2,1-5H3/t9-,10-,11+,12+,13+/m1/s1. The molecule has 0 spiro atoms. The van der Waals surface area contributed by atoms with Crippen LogP contribution in [-0.4, -0.2) is 72.0 Å². The molecule has 23 heavy (non-hydrogen) atoms. The van der Waals surface area contributed by atoms with Crippen molar-refractivity contribution in [2.45, 2.75) is 70.6 Å². The van der Waals surface area contributed by atoms with Gasteiger partial charge in [0, 0.05) is 7.11 Å². The van der Waals surface area contributed by atoms with Crippen LogP contribution in [0.2, 0.25) is 0 Å². The molecule has 0 aromatic carbocycles. The summed E-state index contributed by atoms with van der Waals surface area (Å²) < 4.78 is 38.3. The van der Waals surface area contributed by atoms with Crippen LogP contribution in [0, 0.1) is 0 Å². The maximum atomic E-state index is 12.5. The summed E-state index contributed by atoms with van der Waals surface area (Å²) in [5.74, 6) is 0. The molecule has 0 amide bonds. The molecule has 1 fully saturated rings. The molecule has 1 heterocycles. The lowest BCUT2D eigenvalue weighted by molar-refractivity contribution is -0.293. The molecule has 0 aromatic heterocycles. The van der Waals surface area contributed by atoms with Crippen LogP contribution in [0.1, 0.15) is 27.7 Å². The molecule has 138 valence electrons. The molecule has 1 aliphatic heterocycles. The Morgan fingerprint density at radius 1 is 1.00 bits per heavy atom. The van der Waals surface area contributed by atoms with Crippen LogP contribution < -0.4 is 0 Å². The number of phosphoric acid groups is 1. The first-order valence-electron chi connectivity index (χ1n) is 7.43. The number of aliphatic hydroxyl groups excluding tert-OH is 3. The van der Waals surface area contributed by atoms with Crippen molar-refractivity contribution in [2.75, 3.05) is 13.7 Å². The van der Waals surface area contributed by atoms with E-state index in [2.05, 4.69) is 0 Å². The van der Waals surface area contributed by atoms with Crippen LogP contribution in [0.25, 0.3) is 0 Å². The summed E-state index contributed by atoms with van der Waals surface area (Å²) in [6.07, 6.45) is -7.36. The van der Waals surface area contributed by atoms with Crippen LogP contribution in [0.5, 0.6) is 0 Å². The summed E-state index contributed by atoms with van der Waals surface area (Å²) in [5, 5.41) is 29.4. The van der Waals surface area contributed by atoms with Crippen LogP contribution in [0.4, 0.5) is 0 Å². The number of phosphoric ester groups is 1. The van der Waals surface area contributed by atoms with Gasteiger partial charge in [0.25, 0.3) is 0 Å². The zero-order chi connectivity index (χ0) is 17.8. The molecule has 0 aromatic rings. The van der Waals surface area contributed by atoms with Crippen molar-refractivity contribution in [1.29, 1.82) is 0 Å². The van der Waals surface area contributed by atoms with E-state index in [0.29, 0.717) is 0 Å². The molecule has 1 rings (SSSR count). The van der Waals surface area contributed by atoms with E-state index >= 15 is 0 Å². The van der Waals surface area contributed by atoms with Crippen molar-refractivity contribution in [1.82, 2.24) is 0 Å². The van der Waals surface area contributed by atoms with Gasteiger partial charge in [-0.05, 0) is 27.7 Å². The molecule has 0 unspecified atom stereocenters. The van der Waals surface area contributed by atoms with E-state index in [4.69, 9.17) is 23.0 Å². The highest BCUT2D eigenvalue weighted by Crippen LogP contribution is 2.52. The average Bonchev–Trinajstić information content (AvgIpc) is 2.42. The second kappa shape index (κ2) is 8.84.